The van der Waals surface area contributed by atoms with Crippen LogP contribution in [0.3, 0.4) is 0 Å². The van der Waals surface area contributed by atoms with E-state index in [2.05, 4.69) is 30.5 Å². The molecule has 1 saturated heterocycles. The van der Waals surface area contributed by atoms with E-state index in [0.29, 0.717) is 29.6 Å². The molecule has 27 heavy (non-hydrogen) atoms. The number of amides is 1. The zero-order valence-corrected chi connectivity index (χ0v) is 15.8. The Morgan fingerprint density at radius 1 is 1.33 bits per heavy atom. The number of anilines is 1. The Balaban J connectivity index is 1.59. The Morgan fingerprint density at radius 3 is 2.89 bits per heavy atom. The molecule has 2 N–H and O–H groups in total. The average Bonchev–Trinajstić information content (AvgIpc) is 3.34. The van der Waals surface area contributed by atoms with Gasteiger partial charge in [0.25, 0.3) is 0 Å². The van der Waals surface area contributed by atoms with E-state index in [1.165, 1.54) is 11.3 Å². The van der Waals surface area contributed by atoms with E-state index in [9.17, 15) is 4.79 Å². The van der Waals surface area contributed by atoms with Gasteiger partial charge < -0.3 is 15.1 Å². The molecular formula is C18H20N6O2S. The van der Waals surface area contributed by atoms with Gasteiger partial charge in [-0.3, -0.25) is 9.69 Å². The van der Waals surface area contributed by atoms with Crippen LogP contribution in [0.15, 0.2) is 34.2 Å². The Hall–Kier alpha value is -2.62. The highest BCUT2D eigenvalue weighted by molar-refractivity contribution is 7.13. The predicted octanol–water partition coefficient (Wildman–Crippen LogP) is 2.01. The molecule has 1 amide bonds. The van der Waals surface area contributed by atoms with Crippen molar-refractivity contribution < 1.29 is 9.21 Å². The molecule has 0 spiro atoms. The molecule has 1 aliphatic heterocycles. The lowest BCUT2D eigenvalue weighted by Crippen LogP contribution is -2.46. The molecule has 0 radical (unpaired) electrons. The van der Waals surface area contributed by atoms with Gasteiger partial charge in [0.2, 0.25) is 5.91 Å². The van der Waals surface area contributed by atoms with Crippen molar-refractivity contribution >= 4 is 23.1 Å². The smallest absolute Gasteiger partial charge is 0.239 e. The van der Waals surface area contributed by atoms with Gasteiger partial charge in [-0.1, -0.05) is 0 Å². The van der Waals surface area contributed by atoms with Crippen molar-refractivity contribution in [3.8, 4) is 22.3 Å². The van der Waals surface area contributed by atoms with Gasteiger partial charge in [-0.05, 0) is 19.1 Å². The SMILES string of the molecule is Cc1ccc(-c2nc(NC(=O)CN3CCNCC3)cc(-c3nccs3)n2)o1. The molecule has 0 aliphatic carbocycles. The quantitative estimate of drug-likeness (QED) is 0.695. The van der Waals surface area contributed by atoms with Crippen molar-refractivity contribution in [1.82, 2.24) is 25.2 Å². The zero-order valence-electron chi connectivity index (χ0n) is 14.9. The van der Waals surface area contributed by atoms with Gasteiger partial charge in [-0.2, -0.15) is 0 Å². The van der Waals surface area contributed by atoms with Crippen molar-refractivity contribution in [2.45, 2.75) is 6.92 Å². The number of furan rings is 1. The minimum Gasteiger partial charge on any atom is -0.458 e. The normalized spacial score (nSPS) is 15.0. The fourth-order valence-corrected chi connectivity index (χ4v) is 3.49. The van der Waals surface area contributed by atoms with Crippen LogP contribution in [0, 0.1) is 6.92 Å². The van der Waals surface area contributed by atoms with Crippen molar-refractivity contribution in [3.05, 3.63) is 35.5 Å². The molecule has 3 aromatic rings. The summed E-state index contributed by atoms with van der Waals surface area (Å²) in [4.78, 5) is 27.9. The van der Waals surface area contributed by atoms with E-state index in [1.807, 2.05) is 24.4 Å². The first-order chi connectivity index (χ1) is 13.2. The Labute approximate surface area is 160 Å². The number of carbonyl (C=O) groups is 1. The molecule has 0 unspecified atom stereocenters. The van der Waals surface area contributed by atoms with Gasteiger partial charge in [-0.25, -0.2) is 15.0 Å². The summed E-state index contributed by atoms with van der Waals surface area (Å²) in [6, 6.07) is 5.42. The number of carbonyl (C=O) groups excluding carboxylic acids is 1. The van der Waals surface area contributed by atoms with Gasteiger partial charge in [0.15, 0.2) is 11.6 Å². The van der Waals surface area contributed by atoms with E-state index in [0.717, 1.165) is 36.9 Å². The van der Waals surface area contributed by atoms with Crippen LogP contribution in [0.2, 0.25) is 0 Å². The fraction of sp³-hybridized carbons (Fsp3) is 0.333. The third kappa shape index (κ3) is 4.38. The fourth-order valence-electron chi connectivity index (χ4n) is 2.89. The van der Waals surface area contributed by atoms with Gasteiger partial charge in [-0.15, -0.1) is 11.3 Å². The van der Waals surface area contributed by atoms with Crippen LogP contribution < -0.4 is 10.6 Å². The van der Waals surface area contributed by atoms with Crippen LogP contribution in [-0.4, -0.2) is 58.5 Å². The summed E-state index contributed by atoms with van der Waals surface area (Å²) < 4.78 is 5.65. The summed E-state index contributed by atoms with van der Waals surface area (Å²) in [5.41, 5.74) is 0.654. The van der Waals surface area contributed by atoms with Crippen LogP contribution in [0.5, 0.6) is 0 Å². The van der Waals surface area contributed by atoms with Crippen LogP contribution in [0.25, 0.3) is 22.3 Å². The molecule has 3 aromatic heterocycles. The summed E-state index contributed by atoms with van der Waals surface area (Å²) in [7, 11) is 0. The molecule has 8 nitrogen and oxygen atoms in total. The molecule has 4 heterocycles. The number of aromatic nitrogens is 3. The van der Waals surface area contributed by atoms with Gasteiger partial charge in [0.1, 0.15) is 22.3 Å². The maximum Gasteiger partial charge on any atom is 0.239 e. The standard InChI is InChI=1S/C18H20N6O2S/c1-12-2-3-14(26-12)17-21-13(18-20-6-9-27-18)10-15(23-17)22-16(25)11-24-7-4-19-5-8-24/h2-3,6,9-10,19H,4-5,7-8,11H2,1H3,(H,21,22,23,25). The number of thiazole rings is 1. The van der Waals surface area contributed by atoms with E-state index in [-0.39, 0.29) is 5.91 Å². The molecule has 140 valence electrons. The number of piperazine rings is 1. The first-order valence-electron chi connectivity index (χ1n) is 8.76. The van der Waals surface area contributed by atoms with Crippen LogP contribution >= 0.6 is 11.3 Å². The summed E-state index contributed by atoms with van der Waals surface area (Å²) in [6.45, 7) is 5.72. The Bertz CT molecular complexity index is 918. The minimum atomic E-state index is -0.0951. The maximum absolute atomic E-state index is 12.5. The van der Waals surface area contributed by atoms with E-state index in [1.54, 1.807) is 12.3 Å². The topological polar surface area (TPSA) is 96.2 Å². The molecule has 0 bridgehead atoms. The molecule has 1 fully saturated rings. The van der Waals surface area contributed by atoms with Crippen LogP contribution in [0.1, 0.15) is 5.76 Å². The van der Waals surface area contributed by atoms with Crippen molar-refractivity contribution in [3.63, 3.8) is 0 Å². The van der Waals surface area contributed by atoms with E-state index >= 15 is 0 Å². The van der Waals surface area contributed by atoms with Crippen molar-refractivity contribution in [2.24, 2.45) is 0 Å². The molecule has 0 atom stereocenters. The molecular weight excluding hydrogens is 364 g/mol. The lowest BCUT2D eigenvalue weighted by Gasteiger charge is -2.26. The number of nitrogens with zero attached hydrogens (tertiary/aromatic N) is 4. The lowest BCUT2D eigenvalue weighted by atomic mass is 10.3. The summed E-state index contributed by atoms with van der Waals surface area (Å²) >= 11 is 1.48. The Kier molecular flexibility index (Phi) is 5.23. The highest BCUT2D eigenvalue weighted by atomic mass is 32.1. The van der Waals surface area contributed by atoms with Gasteiger partial charge in [0, 0.05) is 43.8 Å². The molecule has 0 aromatic carbocycles. The summed E-state index contributed by atoms with van der Waals surface area (Å²) in [5.74, 6) is 2.11. The average molecular weight is 384 g/mol. The van der Waals surface area contributed by atoms with Crippen molar-refractivity contribution in [1.29, 1.82) is 0 Å². The largest absolute Gasteiger partial charge is 0.458 e. The van der Waals surface area contributed by atoms with Crippen LogP contribution in [-0.2, 0) is 4.79 Å². The number of hydrogen-bond donors (Lipinski definition) is 2. The lowest BCUT2D eigenvalue weighted by molar-refractivity contribution is -0.117. The van der Waals surface area contributed by atoms with Crippen LogP contribution in [0.4, 0.5) is 5.82 Å². The predicted molar refractivity (Wildman–Crippen MR) is 104 cm³/mol. The highest BCUT2D eigenvalue weighted by Crippen LogP contribution is 2.26. The second-order valence-corrected chi connectivity index (χ2v) is 7.18. The second-order valence-electron chi connectivity index (χ2n) is 6.28. The third-order valence-electron chi connectivity index (χ3n) is 4.18. The number of hydrogen-bond acceptors (Lipinski definition) is 8. The molecule has 9 heteroatoms. The zero-order chi connectivity index (χ0) is 18.6. The highest BCUT2D eigenvalue weighted by Gasteiger charge is 2.17. The van der Waals surface area contributed by atoms with E-state index in [4.69, 9.17) is 4.42 Å². The molecule has 1 aliphatic rings. The molecule has 4 rings (SSSR count). The first kappa shape index (κ1) is 17.8. The number of aryl methyl sites for hydroxylation is 1. The maximum atomic E-state index is 12.5. The third-order valence-corrected chi connectivity index (χ3v) is 4.98. The summed E-state index contributed by atoms with van der Waals surface area (Å²) in [5, 5.41) is 8.82. The Morgan fingerprint density at radius 2 is 2.19 bits per heavy atom. The van der Waals surface area contributed by atoms with E-state index < -0.39 is 0 Å². The monoisotopic (exact) mass is 384 g/mol. The summed E-state index contributed by atoms with van der Waals surface area (Å²) in [6.07, 6.45) is 1.72. The molecule has 0 saturated carbocycles. The number of nitrogens with one attached hydrogen (secondary N) is 2. The first-order valence-corrected chi connectivity index (χ1v) is 9.64. The van der Waals surface area contributed by atoms with Gasteiger partial charge in [0.05, 0.1) is 6.54 Å². The second kappa shape index (κ2) is 7.95. The van der Waals surface area contributed by atoms with Gasteiger partial charge >= 0.3 is 0 Å². The minimum absolute atomic E-state index is 0.0951. The van der Waals surface area contributed by atoms with Crippen molar-refractivity contribution in [2.75, 3.05) is 38.0 Å². The number of rotatable bonds is 5.